The minimum absolute atomic E-state index is 0.596. The zero-order valence-corrected chi connectivity index (χ0v) is 7.51. The van der Waals surface area contributed by atoms with Gasteiger partial charge in [0, 0.05) is 0 Å². The van der Waals surface area contributed by atoms with Crippen LogP contribution in [-0.2, 0) is 9.88 Å². The number of hydrogen-bond donors (Lipinski definition) is 1. The summed E-state index contributed by atoms with van der Waals surface area (Å²) in [6, 6.07) is 0. The average molecular weight is 161 g/mol. The van der Waals surface area contributed by atoms with E-state index in [4.69, 9.17) is 5.90 Å². The molecule has 0 saturated carbocycles. The molecule has 0 fully saturated rings. The molecule has 0 spiro atoms. The van der Waals surface area contributed by atoms with Crippen molar-refractivity contribution in [1.29, 1.82) is 0 Å². The fourth-order valence-electron chi connectivity index (χ4n) is 1.03. The molecule has 0 bridgehead atoms. The average Bonchev–Trinajstić information content (AvgIpc) is 2.05. The van der Waals surface area contributed by atoms with Gasteiger partial charge in [0.05, 0.1) is 6.61 Å². The van der Waals surface area contributed by atoms with E-state index >= 15 is 0 Å². The second-order valence-corrected chi connectivity index (χ2v) is 2.80. The Morgan fingerprint density at radius 3 is 2.55 bits per heavy atom. The van der Waals surface area contributed by atoms with Gasteiger partial charge in [0.1, 0.15) is 0 Å². The Morgan fingerprint density at radius 2 is 2.09 bits per heavy atom. The van der Waals surface area contributed by atoms with Crippen LogP contribution in [0.5, 0.6) is 0 Å². The van der Waals surface area contributed by atoms with Crippen molar-refractivity contribution in [1.82, 2.24) is 0 Å². The molecular weight excluding hydrogens is 142 g/mol. The highest BCUT2D eigenvalue weighted by Crippen LogP contribution is 2.12. The zero-order valence-electron chi connectivity index (χ0n) is 7.51. The maximum atomic E-state index is 4.74. The van der Waals surface area contributed by atoms with Gasteiger partial charge in [-0.3, -0.25) is 0 Å². The second kappa shape index (κ2) is 7.98. The molecular formula is C8H19NO2. The van der Waals surface area contributed by atoms with E-state index in [0.29, 0.717) is 12.5 Å². The van der Waals surface area contributed by atoms with E-state index < -0.39 is 0 Å². The Labute approximate surface area is 68.7 Å². The summed E-state index contributed by atoms with van der Waals surface area (Å²) in [7, 11) is 0. The van der Waals surface area contributed by atoms with E-state index in [1.165, 1.54) is 19.3 Å². The van der Waals surface area contributed by atoms with Crippen molar-refractivity contribution < 1.29 is 9.88 Å². The van der Waals surface area contributed by atoms with E-state index in [1.807, 2.05) is 0 Å². The van der Waals surface area contributed by atoms with Crippen molar-refractivity contribution in [3.63, 3.8) is 0 Å². The van der Waals surface area contributed by atoms with Crippen LogP contribution in [0.15, 0.2) is 0 Å². The maximum Gasteiger partial charge on any atom is 0.0870 e. The Kier molecular flexibility index (Phi) is 7.89. The molecule has 2 N–H and O–H groups in total. The van der Waals surface area contributed by atoms with Crippen LogP contribution in [0.3, 0.4) is 0 Å². The lowest BCUT2D eigenvalue weighted by Gasteiger charge is -2.11. The van der Waals surface area contributed by atoms with E-state index in [9.17, 15) is 0 Å². The van der Waals surface area contributed by atoms with Crippen LogP contribution in [0.25, 0.3) is 0 Å². The standard InChI is InChI=1S/C8H19NO2/c1-3-5-6-8(4-2)7-10-11-9/h8H,3-7,9H2,1-2H3. The van der Waals surface area contributed by atoms with Gasteiger partial charge < -0.3 is 0 Å². The number of nitrogens with two attached hydrogens (primary N) is 1. The predicted molar refractivity (Wildman–Crippen MR) is 44.5 cm³/mol. The molecule has 68 valence electrons. The monoisotopic (exact) mass is 161 g/mol. The largest absolute Gasteiger partial charge is 0.218 e. The molecule has 0 heterocycles. The summed E-state index contributed by atoms with van der Waals surface area (Å²) in [6.07, 6.45) is 4.83. The number of hydrogen-bond acceptors (Lipinski definition) is 3. The van der Waals surface area contributed by atoms with Gasteiger partial charge in [-0.1, -0.05) is 33.1 Å². The molecule has 0 saturated heterocycles. The van der Waals surface area contributed by atoms with Crippen molar-refractivity contribution in [2.45, 2.75) is 39.5 Å². The lowest BCUT2D eigenvalue weighted by molar-refractivity contribution is -0.306. The first-order valence-corrected chi connectivity index (χ1v) is 4.33. The highest BCUT2D eigenvalue weighted by molar-refractivity contribution is 4.54. The summed E-state index contributed by atoms with van der Waals surface area (Å²) in [6.45, 7) is 4.96. The maximum absolute atomic E-state index is 4.74. The first kappa shape index (κ1) is 10.9. The van der Waals surface area contributed by atoms with Gasteiger partial charge in [-0.05, 0) is 12.3 Å². The van der Waals surface area contributed by atoms with Gasteiger partial charge in [-0.2, -0.15) is 5.90 Å². The SMILES string of the molecule is CCCCC(CC)COON. The van der Waals surface area contributed by atoms with E-state index in [1.54, 1.807) is 0 Å². The summed E-state index contributed by atoms with van der Waals surface area (Å²) in [4.78, 5) is 8.72. The van der Waals surface area contributed by atoms with Crippen molar-refractivity contribution in [3.05, 3.63) is 0 Å². The lowest BCUT2D eigenvalue weighted by atomic mass is 10.0. The van der Waals surface area contributed by atoms with Gasteiger partial charge >= 0.3 is 0 Å². The predicted octanol–water partition coefficient (Wildman–Crippen LogP) is 2.02. The van der Waals surface area contributed by atoms with Crippen LogP contribution >= 0.6 is 0 Å². The highest BCUT2D eigenvalue weighted by atomic mass is 17.3. The van der Waals surface area contributed by atoms with E-state index in [0.717, 1.165) is 6.42 Å². The Balaban J connectivity index is 3.25. The molecule has 0 aliphatic heterocycles. The molecule has 0 aliphatic rings. The third kappa shape index (κ3) is 6.28. The molecule has 0 aromatic carbocycles. The third-order valence-electron chi connectivity index (χ3n) is 1.92. The molecule has 0 aromatic rings. The van der Waals surface area contributed by atoms with Gasteiger partial charge in [-0.15, -0.1) is 4.99 Å². The Hall–Kier alpha value is -0.120. The number of unbranched alkanes of at least 4 members (excludes halogenated alkanes) is 1. The molecule has 3 heteroatoms. The van der Waals surface area contributed by atoms with Gasteiger partial charge in [-0.25, -0.2) is 4.89 Å². The smallest absolute Gasteiger partial charge is 0.0870 e. The van der Waals surface area contributed by atoms with Crippen molar-refractivity contribution in [2.24, 2.45) is 11.8 Å². The van der Waals surface area contributed by atoms with Crippen molar-refractivity contribution in [3.8, 4) is 0 Å². The molecule has 0 rings (SSSR count). The van der Waals surface area contributed by atoms with Gasteiger partial charge in [0.25, 0.3) is 0 Å². The summed E-state index contributed by atoms with van der Waals surface area (Å²) < 4.78 is 0. The second-order valence-electron chi connectivity index (χ2n) is 2.80. The lowest BCUT2D eigenvalue weighted by Crippen LogP contribution is -2.11. The molecule has 0 aliphatic carbocycles. The quantitative estimate of drug-likeness (QED) is 0.459. The van der Waals surface area contributed by atoms with E-state index in [-0.39, 0.29) is 0 Å². The molecule has 11 heavy (non-hydrogen) atoms. The fraction of sp³-hybridized carbons (Fsp3) is 1.00. The number of rotatable bonds is 7. The Bertz CT molecular complexity index is 70.5. The fourth-order valence-corrected chi connectivity index (χ4v) is 1.03. The molecule has 1 unspecified atom stereocenters. The minimum atomic E-state index is 0.596. The van der Waals surface area contributed by atoms with Crippen LogP contribution in [0.1, 0.15) is 39.5 Å². The molecule has 1 atom stereocenters. The first-order valence-electron chi connectivity index (χ1n) is 4.33. The zero-order chi connectivity index (χ0) is 8.53. The third-order valence-corrected chi connectivity index (χ3v) is 1.92. The minimum Gasteiger partial charge on any atom is -0.218 e. The van der Waals surface area contributed by atoms with Crippen LogP contribution in [0.2, 0.25) is 0 Å². The van der Waals surface area contributed by atoms with Crippen LogP contribution < -0.4 is 5.90 Å². The van der Waals surface area contributed by atoms with Gasteiger partial charge in [0.2, 0.25) is 0 Å². The summed E-state index contributed by atoms with van der Waals surface area (Å²) in [5, 5.41) is 0. The topological polar surface area (TPSA) is 44.5 Å². The van der Waals surface area contributed by atoms with E-state index in [2.05, 4.69) is 23.7 Å². The molecule has 0 radical (unpaired) electrons. The van der Waals surface area contributed by atoms with Crippen LogP contribution in [0, 0.1) is 5.92 Å². The van der Waals surface area contributed by atoms with Gasteiger partial charge in [0.15, 0.2) is 0 Å². The van der Waals surface area contributed by atoms with Crippen molar-refractivity contribution >= 4 is 0 Å². The van der Waals surface area contributed by atoms with Crippen LogP contribution in [-0.4, -0.2) is 6.61 Å². The Morgan fingerprint density at radius 1 is 1.36 bits per heavy atom. The molecule has 0 amide bonds. The highest BCUT2D eigenvalue weighted by Gasteiger charge is 2.05. The molecule has 3 nitrogen and oxygen atoms in total. The normalized spacial score (nSPS) is 13.4. The van der Waals surface area contributed by atoms with Crippen LogP contribution in [0.4, 0.5) is 0 Å². The summed E-state index contributed by atoms with van der Waals surface area (Å²) >= 11 is 0. The summed E-state index contributed by atoms with van der Waals surface area (Å²) in [5.41, 5.74) is 0. The molecule has 0 aromatic heterocycles. The summed E-state index contributed by atoms with van der Waals surface area (Å²) in [5.74, 6) is 5.33. The van der Waals surface area contributed by atoms with Crippen molar-refractivity contribution in [2.75, 3.05) is 6.61 Å². The first-order chi connectivity index (χ1) is 5.35.